The van der Waals surface area contributed by atoms with Gasteiger partial charge in [-0.15, -0.1) is 0 Å². The molecule has 0 radical (unpaired) electrons. The lowest BCUT2D eigenvalue weighted by atomic mass is 10.1. The van der Waals surface area contributed by atoms with E-state index in [1.54, 1.807) is 0 Å². The van der Waals surface area contributed by atoms with E-state index in [0.717, 1.165) is 30.9 Å². The molecular weight excluding hydrogens is 198 g/mol. The van der Waals surface area contributed by atoms with Crippen LogP contribution in [0, 0.1) is 11.8 Å². The average molecular weight is 225 g/mol. The number of rotatable bonds is 7. The van der Waals surface area contributed by atoms with Crippen molar-refractivity contribution in [1.29, 1.82) is 0 Å². The molecule has 1 rings (SSSR count). The van der Waals surface area contributed by atoms with Gasteiger partial charge in [-0.25, -0.2) is 0 Å². The molecule has 0 aromatic carbocycles. The molecule has 0 spiro atoms. The van der Waals surface area contributed by atoms with Crippen molar-refractivity contribution >= 4 is 5.96 Å². The Labute approximate surface area is 100 Å². The van der Waals surface area contributed by atoms with Gasteiger partial charge in [-0.05, 0) is 31.1 Å². The Kier molecular flexibility index (Phi) is 6.27. The van der Waals surface area contributed by atoms with E-state index in [1.165, 1.54) is 32.1 Å². The normalized spacial score (nSPS) is 16.6. The van der Waals surface area contributed by atoms with Crippen molar-refractivity contribution in [3.05, 3.63) is 0 Å². The van der Waals surface area contributed by atoms with Crippen LogP contribution in [0.1, 0.15) is 46.0 Å². The van der Waals surface area contributed by atoms with Crippen LogP contribution in [-0.2, 0) is 0 Å². The van der Waals surface area contributed by atoms with Crippen molar-refractivity contribution in [2.75, 3.05) is 20.1 Å². The predicted octanol–water partition coefficient (Wildman–Crippen LogP) is 2.39. The maximum atomic E-state index is 4.22. The largest absolute Gasteiger partial charge is 0.356 e. The summed E-state index contributed by atoms with van der Waals surface area (Å²) in [4.78, 5) is 4.22. The second-order valence-corrected chi connectivity index (χ2v) is 5.19. The summed E-state index contributed by atoms with van der Waals surface area (Å²) in [5.41, 5.74) is 0. The number of hydrogen-bond donors (Lipinski definition) is 2. The summed E-state index contributed by atoms with van der Waals surface area (Å²) < 4.78 is 0. The standard InChI is InChI=1S/C13H27N3/c1-11(2)5-4-9-15-13(14-3)16-10-8-12-6-7-12/h11-12H,4-10H2,1-3H3,(H2,14,15,16). The SMILES string of the molecule is CN=C(NCCCC(C)C)NCCC1CC1. The van der Waals surface area contributed by atoms with Gasteiger partial charge in [-0.3, -0.25) is 4.99 Å². The minimum atomic E-state index is 0.798. The van der Waals surface area contributed by atoms with Gasteiger partial charge in [0.05, 0.1) is 0 Å². The molecule has 3 heteroatoms. The molecule has 0 heterocycles. The van der Waals surface area contributed by atoms with Crippen LogP contribution in [0.25, 0.3) is 0 Å². The van der Waals surface area contributed by atoms with Crippen molar-refractivity contribution < 1.29 is 0 Å². The molecule has 0 saturated heterocycles. The third-order valence-corrected chi connectivity index (χ3v) is 3.02. The molecule has 1 saturated carbocycles. The first-order valence-electron chi connectivity index (χ1n) is 6.67. The minimum absolute atomic E-state index is 0.798. The maximum Gasteiger partial charge on any atom is 0.190 e. The highest BCUT2D eigenvalue weighted by atomic mass is 15.2. The van der Waals surface area contributed by atoms with E-state index in [4.69, 9.17) is 0 Å². The maximum absolute atomic E-state index is 4.22. The molecule has 0 unspecified atom stereocenters. The fourth-order valence-corrected chi connectivity index (χ4v) is 1.74. The number of nitrogens with zero attached hydrogens (tertiary/aromatic N) is 1. The first-order chi connectivity index (χ1) is 7.72. The van der Waals surface area contributed by atoms with Crippen LogP contribution in [-0.4, -0.2) is 26.1 Å². The van der Waals surface area contributed by atoms with Crippen molar-refractivity contribution in [2.45, 2.75) is 46.0 Å². The third-order valence-electron chi connectivity index (χ3n) is 3.02. The molecule has 2 N–H and O–H groups in total. The van der Waals surface area contributed by atoms with Gasteiger partial charge in [0.2, 0.25) is 0 Å². The number of hydrogen-bond acceptors (Lipinski definition) is 1. The Balaban J connectivity index is 1.97. The fourth-order valence-electron chi connectivity index (χ4n) is 1.74. The van der Waals surface area contributed by atoms with E-state index in [9.17, 15) is 0 Å². The molecule has 3 nitrogen and oxygen atoms in total. The summed E-state index contributed by atoms with van der Waals surface area (Å²) in [6, 6.07) is 0. The lowest BCUT2D eigenvalue weighted by Crippen LogP contribution is -2.38. The van der Waals surface area contributed by atoms with Crippen LogP contribution in [0.15, 0.2) is 4.99 Å². The average Bonchev–Trinajstić information content (AvgIpc) is 3.05. The molecule has 0 amide bonds. The highest BCUT2D eigenvalue weighted by molar-refractivity contribution is 5.79. The third kappa shape index (κ3) is 6.70. The summed E-state index contributed by atoms with van der Waals surface area (Å²) in [5.74, 6) is 2.75. The van der Waals surface area contributed by atoms with Crippen LogP contribution in [0.4, 0.5) is 0 Å². The zero-order valence-corrected chi connectivity index (χ0v) is 11.1. The van der Waals surface area contributed by atoms with E-state index in [1.807, 2.05) is 7.05 Å². The first kappa shape index (κ1) is 13.3. The molecule has 1 fully saturated rings. The summed E-state index contributed by atoms with van der Waals surface area (Å²) in [5, 5.41) is 6.73. The first-order valence-corrected chi connectivity index (χ1v) is 6.67. The molecule has 1 aliphatic rings. The van der Waals surface area contributed by atoms with Crippen molar-refractivity contribution in [1.82, 2.24) is 10.6 Å². The number of guanidine groups is 1. The van der Waals surface area contributed by atoms with Crippen molar-refractivity contribution in [3.8, 4) is 0 Å². The van der Waals surface area contributed by atoms with Gasteiger partial charge in [0.15, 0.2) is 5.96 Å². The van der Waals surface area contributed by atoms with Crippen LogP contribution in [0.2, 0.25) is 0 Å². The zero-order chi connectivity index (χ0) is 11.8. The van der Waals surface area contributed by atoms with E-state index >= 15 is 0 Å². The van der Waals surface area contributed by atoms with Crippen LogP contribution < -0.4 is 10.6 Å². The minimum Gasteiger partial charge on any atom is -0.356 e. The van der Waals surface area contributed by atoms with Gasteiger partial charge in [0.25, 0.3) is 0 Å². The summed E-state index contributed by atoms with van der Waals surface area (Å²) >= 11 is 0. The van der Waals surface area contributed by atoms with Gasteiger partial charge in [-0.1, -0.05) is 26.7 Å². The van der Waals surface area contributed by atoms with Crippen molar-refractivity contribution in [2.24, 2.45) is 16.8 Å². The van der Waals surface area contributed by atoms with Crippen LogP contribution in [0.3, 0.4) is 0 Å². The molecule has 0 bridgehead atoms. The van der Waals surface area contributed by atoms with Crippen LogP contribution >= 0.6 is 0 Å². The Hall–Kier alpha value is -0.730. The molecule has 0 aliphatic heterocycles. The summed E-state index contributed by atoms with van der Waals surface area (Å²) in [6.07, 6.45) is 6.67. The second kappa shape index (κ2) is 7.53. The highest BCUT2D eigenvalue weighted by Crippen LogP contribution is 2.31. The van der Waals surface area contributed by atoms with E-state index in [0.29, 0.717) is 0 Å². The molecule has 1 aliphatic carbocycles. The van der Waals surface area contributed by atoms with Crippen molar-refractivity contribution in [3.63, 3.8) is 0 Å². The predicted molar refractivity (Wildman–Crippen MR) is 70.8 cm³/mol. The lowest BCUT2D eigenvalue weighted by Gasteiger charge is -2.12. The Morgan fingerprint density at radius 2 is 1.94 bits per heavy atom. The van der Waals surface area contributed by atoms with E-state index < -0.39 is 0 Å². The van der Waals surface area contributed by atoms with E-state index in [-0.39, 0.29) is 0 Å². The Bertz CT molecular complexity index is 207. The van der Waals surface area contributed by atoms with Gasteiger partial charge < -0.3 is 10.6 Å². The quantitative estimate of drug-likeness (QED) is 0.396. The number of aliphatic imine (C=N–C) groups is 1. The summed E-state index contributed by atoms with van der Waals surface area (Å²) in [6.45, 7) is 6.63. The van der Waals surface area contributed by atoms with Gasteiger partial charge in [0, 0.05) is 20.1 Å². The molecular formula is C13H27N3. The smallest absolute Gasteiger partial charge is 0.190 e. The zero-order valence-electron chi connectivity index (χ0n) is 11.1. The van der Waals surface area contributed by atoms with Gasteiger partial charge >= 0.3 is 0 Å². The molecule has 94 valence electrons. The monoisotopic (exact) mass is 225 g/mol. The molecule has 0 atom stereocenters. The Morgan fingerprint density at radius 1 is 1.25 bits per heavy atom. The number of nitrogens with one attached hydrogen (secondary N) is 2. The topological polar surface area (TPSA) is 36.4 Å². The molecule has 0 aromatic rings. The van der Waals surface area contributed by atoms with Gasteiger partial charge in [0.1, 0.15) is 0 Å². The summed E-state index contributed by atoms with van der Waals surface area (Å²) in [7, 11) is 1.84. The van der Waals surface area contributed by atoms with Crippen LogP contribution in [0.5, 0.6) is 0 Å². The van der Waals surface area contributed by atoms with E-state index in [2.05, 4.69) is 29.5 Å². The fraction of sp³-hybridized carbons (Fsp3) is 0.923. The Morgan fingerprint density at radius 3 is 2.50 bits per heavy atom. The highest BCUT2D eigenvalue weighted by Gasteiger charge is 2.20. The molecule has 16 heavy (non-hydrogen) atoms. The second-order valence-electron chi connectivity index (χ2n) is 5.19. The lowest BCUT2D eigenvalue weighted by molar-refractivity contribution is 0.548. The molecule has 0 aromatic heterocycles. The van der Waals surface area contributed by atoms with Gasteiger partial charge in [-0.2, -0.15) is 0 Å².